The molecule has 2 rings (SSSR count). The van der Waals surface area contributed by atoms with E-state index in [-0.39, 0.29) is 5.56 Å². The van der Waals surface area contributed by atoms with Gasteiger partial charge < -0.3 is 11.1 Å². The Bertz CT molecular complexity index is 709. The van der Waals surface area contributed by atoms with Crippen molar-refractivity contribution in [2.75, 3.05) is 5.32 Å². The molecule has 0 aliphatic carbocycles. The normalized spacial score (nSPS) is 10.2. The largest absolute Gasteiger partial charge is 0.366 e. The molecule has 0 heterocycles. The summed E-state index contributed by atoms with van der Waals surface area (Å²) < 4.78 is 26.2. The Kier molecular flexibility index (Phi) is 3.98. The van der Waals surface area contributed by atoms with Gasteiger partial charge in [0.25, 0.3) is 5.91 Å². The second-order valence-corrected chi connectivity index (χ2v) is 4.51. The number of amides is 2. The number of rotatable bonds is 3. The van der Waals surface area contributed by atoms with E-state index >= 15 is 0 Å². The third-order valence-corrected chi connectivity index (χ3v) is 2.88. The van der Waals surface area contributed by atoms with Gasteiger partial charge in [-0.3, -0.25) is 9.59 Å². The molecule has 0 unspecified atom stereocenters. The molecule has 0 bridgehead atoms. The molecule has 0 saturated heterocycles. The van der Waals surface area contributed by atoms with Crippen LogP contribution in [-0.4, -0.2) is 11.8 Å². The van der Waals surface area contributed by atoms with Gasteiger partial charge in [-0.05, 0) is 42.8 Å². The predicted molar refractivity (Wildman–Crippen MR) is 74.0 cm³/mol. The van der Waals surface area contributed by atoms with Crippen molar-refractivity contribution in [2.24, 2.45) is 5.73 Å². The summed E-state index contributed by atoms with van der Waals surface area (Å²) in [4.78, 5) is 23.0. The standard InChI is InChI=1S/C15H12F2N2O2/c1-8-4-9(14(18)20)2-3-13(8)19-15(21)10-5-11(16)7-12(17)6-10/h2-7H,1H3,(H2,18,20)(H,19,21). The second kappa shape index (κ2) is 5.70. The van der Waals surface area contributed by atoms with Gasteiger partial charge in [-0.2, -0.15) is 0 Å². The topological polar surface area (TPSA) is 72.2 Å². The molecule has 6 heteroatoms. The monoisotopic (exact) mass is 290 g/mol. The molecule has 108 valence electrons. The van der Waals surface area contributed by atoms with Crippen molar-refractivity contribution in [1.82, 2.24) is 0 Å². The lowest BCUT2D eigenvalue weighted by Gasteiger charge is -2.09. The number of nitrogens with two attached hydrogens (primary N) is 1. The molecule has 2 aromatic rings. The molecule has 0 aliphatic rings. The van der Waals surface area contributed by atoms with E-state index in [1.54, 1.807) is 6.92 Å². The van der Waals surface area contributed by atoms with Crippen molar-refractivity contribution < 1.29 is 18.4 Å². The SMILES string of the molecule is Cc1cc(C(N)=O)ccc1NC(=O)c1cc(F)cc(F)c1. The summed E-state index contributed by atoms with van der Waals surface area (Å²) in [6, 6.07) is 7.03. The van der Waals surface area contributed by atoms with E-state index in [9.17, 15) is 18.4 Å². The summed E-state index contributed by atoms with van der Waals surface area (Å²) in [5, 5.41) is 2.52. The van der Waals surface area contributed by atoms with Crippen molar-refractivity contribution in [3.8, 4) is 0 Å². The van der Waals surface area contributed by atoms with Crippen LogP contribution < -0.4 is 11.1 Å². The van der Waals surface area contributed by atoms with Crippen LogP contribution in [0.25, 0.3) is 0 Å². The maximum Gasteiger partial charge on any atom is 0.255 e. The van der Waals surface area contributed by atoms with Crippen LogP contribution in [-0.2, 0) is 0 Å². The van der Waals surface area contributed by atoms with Crippen LogP contribution in [0.5, 0.6) is 0 Å². The Balaban J connectivity index is 2.25. The van der Waals surface area contributed by atoms with Gasteiger partial charge in [0.1, 0.15) is 11.6 Å². The molecule has 4 nitrogen and oxygen atoms in total. The average molecular weight is 290 g/mol. The molecule has 0 radical (unpaired) electrons. The minimum atomic E-state index is -0.832. The zero-order valence-corrected chi connectivity index (χ0v) is 11.1. The first-order valence-corrected chi connectivity index (χ1v) is 6.04. The van der Waals surface area contributed by atoms with Gasteiger partial charge in [0.15, 0.2) is 0 Å². The first-order valence-electron chi connectivity index (χ1n) is 6.04. The van der Waals surface area contributed by atoms with E-state index in [2.05, 4.69) is 5.32 Å². The summed E-state index contributed by atoms with van der Waals surface area (Å²) in [6.45, 7) is 1.67. The number of carbonyl (C=O) groups is 2. The Morgan fingerprint density at radius 1 is 1.00 bits per heavy atom. The van der Waals surface area contributed by atoms with Crippen LogP contribution >= 0.6 is 0 Å². The van der Waals surface area contributed by atoms with Crippen LogP contribution in [0.2, 0.25) is 0 Å². The fraction of sp³-hybridized carbons (Fsp3) is 0.0667. The van der Waals surface area contributed by atoms with Gasteiger partial charge in [0.2, 0.25) is 5.91 Å². The van der Waals surface area contributed by atoms with Gasteiger partial charge >= 0.3 is 0 Å². The molecule has 0 spiro atoms. The summed E-state index contributed by atoms with van der Waals surface area (Å²) in [5.41, 5.74) is 6.36. The van der Waals surface area contributed by atoms with E-state index in [0.29, 0.717) is 22.9 Å². The fourth-order valence-electron chi connectivity index (χ4n) is 1.84. The van der Waals surface area contributed by atoms with Crippen molar-refractivity contribution >= 4 is 17.5 Å². The third-order valence-electron chi connectivity index (χ3n) is 2.88. The highest BCUT2D eigenvalue weighted by Gasteiger charge is 2.11. The quantitative estimate of drug-likeness (QED) is 0.912. The molecule has 2 amide bonds. The lowest BCUT2D eigenvalue weighted by atomic mass is 10.1. The molecule has 0 atom stereocenters. The van der Waals surface area contributed by atoms with Gasteiger partial charge in [0.05, 0.1) is 0 Å². The highest BCUT2D eigenvalue weighted by Crippen LogP contribution is 2.18. The van der Waals surface area contributed by atoms with E-state index in [1.807, 2.05) is 0 Å². The molecule has 2 aromatic carbocycles. The van der Waals surface area contributed by atoms with Gasteiger partial charge in [-0.25, -0.2) is 8.78 Å². The lowest BCUT2D eigenvalue weighted by molar-refractivity contribution is 0.0998. The highest BCUT2D eigenvalue weighted by molar-refractivity contribution is 6.05. The Labute approximate surface area is 119 Å². The lowest BCUT2D eigenvalue weighted by Crippen LogP contribution is -2.15. The number of hydrogen-bond acceptors (Lipinski definition) is 2. The van der Waals surface area contributed by atoms with E-state index in [4.69, 9.17) is 5.73 Å². The summed E-state index contributed by atoms with van der Waals surface area (Å²) in [6.07, 6.45) is 0. The fourth-order valence-corrected chi connectivity index (χ4v) is 1.84. The number of carbonyl (C=O) groups excluding carboxylic acids is 2. The predicted octanol–water partition coefficient (Wildman–Crippen LogP) is 2.62. The van der Waals surface area contributed by atoms with Crippen molar-refractivity contribution in [3.63, 3.8) is 0 Å². The minimum absolute atomic E-state index is 0.133. The zero-order valence-electron chi connectivity index (χ0n) is 11.1. The second-order valence-electron chi connectivity index (χ2n) is 4.51. The van der Waals surface area contributed by atoms with Gasteiger partial charge in [0, 0.05) is 22.9 Å². The van der Waals surface area contributed by atoms with Crippen LogP contribution in [0, 0.1) is 18.6 Å². The number of primary amides is 1. The molecule has 0 aromatic heterocycles. The number of anilines is 1. The maximum absolute atomic E-state index is 13.1. The van der Waals surface area contributed by atoms with Crippen LogP contribution in [0.15, 0.2) is 36.4 Å². The van der Waals surface area contributed by atoms with E-state index < -0.39 is 23.4 Å². The van der Waals surface area contributed by atoms with Crippen LogP contribution in [0.4, 0.5) is 14.5 Å². The Morgan fingerprint density at radius 3 is 2.14 bits per heavy atom. The molecule has 0 saturated carbocycles. The molecule has 0 fully saturated rings. The van der Waals surface area contributed by atoms with Gasteiger partial charge in [-0.1, -0.05) is 0 Å². The summed E-state index contributed by atoms with van der Waals surface area (Å²) in [5.74, 6) is -2.90. The van der Waals surface area contributed by atoms with E-state index in [0.717, 1.165) is 12.1 Å². The highest BCUT2D eigenvalue weighted by atomic mass is 19.1. The van der Waals surface area contributed by atoms with Crippen molar-refractivity contribution in [1.29, 1.82) is 0 Å². The van der Waals surface area contributed by atoms with Crippen molar-refractivity contribution in [2.45, 2.75) is 6.92 Å². The van der Waals surface area contributed by atoms with Crippen LogP contribution in [0.3, 0.4) is 0 Å². The third kappa shape index (κ3) is 3.42. The first kappa shape index (κ1) is 14.6. The molecule has 21 heavy (non-hydrogen) atoms. The van der Waals surface area contributed by atoms with Crippen molar-refractivity contribution in [3.05, 3.63) is 64.7 Å². The smallest absolute Gasteiger partial charge is 0.255 e. The Hall–Kier alpha value is -2.76. The van der Waals surface area contributed by atoms with Crippen LogP contribution in [0.1, 0.15) is 26.3 Å². The molecular weight excluding hydrogens is 278 g/mol. The van der Waals surface area contributed by atoms with E-state index in [1.165, 1.54) is 18.2 Å². The molecule has 3 N–H and O–H groups in total. The zero-order chi connectivity index (χ0) is 15.6. The molecular formula is C15H12F2N2O2. The number of benzene rings is 2. The summed E-state index contributed by atoms with van der Waals surface area (Å²) >= 11 is 0. The number of halogens is 2. The minimum Gasteiger partial charge on any atom is -0.366 e. The Morgan fingerprint density at radius 2 is 1.62 bits per heavy atom. The number of hydrogen-bond donors (Lipinski definition) is 2. The number of nitrogens with one attached hydrogen (secondary N) is 1. The first-order chi connectivity index (χ1) is 9.86. The molecule has 0 aliphatic heterocycles. The maximum atomic E-state index is 13.1. The van der Waals surface area contributed by atoms with Gasteiger partial charge in [-0.15, -0.1) is 0 Å². The average Bonchev–Trinajstić information content (AvgIpc) is 2.39. The summed E-state index contributed by atoms with van der Waals surface area (Å²) in [7, 11) is 0. The number of aryl methyl sites for hydroxylation is 1.